The number of ether oxygens (including phenoxy) is 1. The fourth-order valence-corrected chi connectivity index (χ4v) is 2.08. The highest BCUT2D eigenvalue weighted by molar-refractivity contribution is 5.31. The smallest absolute Gasteiger partial charge is 0.387 e. The van der Waals surface area contributed by atoms with Crippen molar-refractivity contribution >= 4 is 0 Å². The normalized spacial score (nSPS) is 21.1. The summed E-state index contributed by atoms with van der Waals surface area (Å²) in [6.07, 6.45) is 2.23. The lowest BCUT2D eigenvalue weighted by molar-refractivity contribution is -0.0499. The van der Waals surface area contributed by atoms with Crippen molar-refractivity contribution in [3.63, 3.8) is 0 Å². The lowest BCUT2D eigenvalue weighted by Gasteiger charge is -2.23. The maximum atomic E-state index is 12.1. The fraction of sp³-hybridized carbons (Fsp3) is 0.500. The lowest BCUT2D eigenvalue weighted by atomic mass is 9.92. The largest absolute Gasteiger partial charge is 0.435 e. The van der Waals surface area contributed by atoms with Crippen LogP contribution < -0.4 is 10.1 Å². The van der Waals surface area contributed by atoms with Gasteiger partial charge in [0.15, 0.2) is 0 Å². The van der Waals surface area contributed by atoms with Crippen LogP contribution in [0.2, 0.25) is 0 Å². The number of alkyl halides is 2. The molecule has 16 heavy (non-hydrogen) atoms. The SMILES string of the molecule is FC(F)Oc1cccc(C2CCCNC2)c1. The molecule has 1 unspecified atom stereocenters. The third-order valence-electron chi connectivity index (χ3n) is 2.85. The van der Waals surface area contributed by atoms with E-state index >= 15 is 0 Å². The summed E-state index contributed by atoms with van der Waals surface area (Å²) >= 11 is 0. The van der Waals surface area contributed by atoms with E-state index in [-0.39, 0.29) is 5.75 Å². The summed E-state index contributed by atoms with van der Waals surface area (Å²) in [5, 5.41) is 3.30. The molecule has 0 aromatic heterocycles. The molecule has 88 valence electrons. The molecule has 0 aliphatic carbocycles. The molecule has 0 radical (unpaired) electrons. The molecule has 1 aliphatic heterocycles. The Morgan fingerprint density at radius 1 is 1.38 bits per heavy atom. The van der Waals surface area contributed by atoms with E-state index in [0.717, 1.165) is 31.5 Å². The van der Waals surface area contributed by atoms with E-state index in [0.29, 0.717) is 5.92 Å². The predicted molar refractivity (Wildman–Crippen MR) is 57.9 cm³/mol. The molecule has 2 nitrogen and oxygen atoms in total. The van der Waals surface area contributed by atoms with Crippen molar-refractivity contribution in [2.75, 3.05) is 13.1 Å². The van der Waals surface area contributed by atoms with Gasteiger partial charge in [0.1, 0.15) is 5.75 Å². The molecule has 1 fully saturated rings. The van der Waals surface area contributed by atoms with Gasteiger partial charge in [0.05, 0.1) is 0 Å². The first-order valence-electron chi connectivity index (χ1n) is 5.51. The zero-order chi connectivity index (χ0) is 11.4. The number of hydrogen-bond acceptors (Lipinski definition) is 2. The molecule has 1 aliphatic rings. The van der Waals surface area contributed by atoms with E-state index in [4.69, 9.17) is 0 Å². The first-order chi connectivity index (χ1) is 7.75. The Morgan fingerprint density at radius 3 is 2.94 bits per heavy atom. The quantitative estimate of drug-likeness (QED) is 0.857. The Kier molecular flexibility index (Phi) is 3.72. The molecule has 1 saturated heterocycles. The summed E-state index contributed by atoms with van der Waals surface area (Å²) < 4.78 is 28.5. The molecule has 2 rings (SSSR count). The summed E-state index contributed by atoms with van der Waals surface area (Å²) in [5.74, 6) is 0.660. The first kappa shape index (κ1) is 11.3. The van der Waals surface area contributed by atoms with Gasteiger partial charge < -0.3 is 10.1 Å². The van der Waals surface area contributed by atoms with Gasteiger partial charge in [0.25, 0.3) is 0 Å². The molecule has 1 heterocycles. The molecule has 1 atom stereocenters. The highest BCUT2D eigenvalue weighted by Gasteiger charge is 2.15. The van der Waals surface area contributed by atoms with Crippen LogP contribution in [-0.4, -0.2) is 19.7 Å². The minimum Gasteiger partial charge on any atom is -0.435 e. The number of piperidine rings is 1. The molecule has 1 N–H and O–H groups in total. The van der Waals surface area contributed by atoms with E-state index in [1.54, 1.807) is 18.2 Å². The van der Waals surface area contributed by atoms with Crippen molar-refractivity contribution in [2.45, 2.75) is 25.4 Å². The molecule has 0 amide bonds. The topological polar surface area (TPSA) is 21.3 Å². The summed E-state index contributed by atoms with van der Waals surface area (Å²) in [6.45, 7) is -0.790. The van der Waals surface area contributed by atoms with Crippen LogP contribution in [-0.2, 0) is 0 Å². The summed E-state index contributed by atoms with van der Waals surface area (Å²) in [5.41, 5.74) is 1.07. The highest BCUT2D eigenvalue weighted by Crippen LogP contribution is 2.26. The van der Waals surface area contributed by atoms with Crippen LogP contribution in [0.1, 0.15) is 24.3 Å². The van der Waals surface area contributed by atoms with E-state index in [1.807, 2.05) is 6.07 Å². The molecular formula is C12H15F2NO. The Morgan fingerprint density at radius 2 is 2.25 bits per heavy atom. The van der Waals surface area contributed by atoms with E-state index in [1.165, 1.54) is 0 Å². The van der Waals surface area contributed by atoms with Crippen molar-refractivity contribution in [2.24, 2.45) is 0 Å². The minimum atomic E-state index is -2.75. The monoisotopic (exact) mass is 227 g/mol. The van der Waals surface area contributed by atoms with Gasteiger partial charge in [-0.05, 0) is 43.0 Å². The van der Waals surface area contributed by atoms with Crippen LogP contribution in [0.25, 0.3) is 0 Å². The number of rotatable bonds is 3. The second kappa shape index (κ2) is 5.25. The maximum Gasteiger partial charge on any atom is 0.387 e. The van der Waals surface area contributed by atoms with Crippen LogP contribution in [0.4, 0.5) is 8.78 Å². The summed E-state index contributed by atoms with van der Waals surface area (Å²) in [7, 11) is 0. The average molecular weight is 227 g/mol. The highest BCUT2D eigenvalue weighted by atomic mass is 19.3. The Balaban J connectivity index is 2.08. The third kappa shape index (κ3) is 2.92. The minimum absolute atomic E-state index is 0.248. The van der Waals surface area contributed by atoms with Crippen LogP contribution >= 0.6 is 0 Å². The zero-order valence-corrected chi connectivity index (χ0v) is 8.96. The third-order valence-corrected chi connectivity index (χ3v) is 2.85. The van der Waals surface area contributed by atoms with Gasteiger partial charge in [-0.3, -0.25) is 0 Å². The molecule has 4 heteroatoms. The van der Waals surface area contributed by atoms with E-state index < -0.39 is 6.61 Å². The molecule has 1 aromatic carbocycles. The van der Waals surface area contributed by atoms with E-state index in [9.17, 15) is 8.78 Å². The Bertz CT molecular complexity index is 338. The van der Waals surface area contributed by atoms with Gasteiger partial charge in [0.2, 0.25) is 0 Å². The zero-order valence-electron chi connectivity index (χ0n) is 8.96. The Hall–Kier alpha value is -1.16. The average Bonchev–Trinajstić information content (AvgIpc) is 2.30. The predicted octanol–water partition coefficient (Wildman–Crippen LogP) is 2.75. The molecule has 0 bridgehead atoms. The number of nitrogens with one attached hydrogen (secondary N) is 1. The fourth-order valence-electron chi connectivity index (χ4n) is 2.08. The lowest BCUT2D eigenvalue weighted by Crippen LogP contribution is -2.28. The Labute approximate surface area is 93.6 Å². The van der Waals surface area contributed by atoms with Gasteiger partial charge in [-0.1, -0.05) is 12.1 Å². The van der Waals surface area contributed by atoms with Gasteiger partial charge in [-0.25, -0.2) is 0 Å². The van der Waals surface area contributed by atoms with Gasteiger partial charge >= 0.3 is 6.61 Å². The summed E-state index contributed by atoms with van der Waals surface area (Å²) in [6, 6.07) is 7.01. The van der Waals surface area contributed by atoms with Gasteiger partial charge in [-0.2, -0.15) is 8.78 Å². The first-order valence-corrected chi connectivity index (χ1v) is 5.51. The van der Waals surface area contributed by atoms with Crippen LogP contribution in [0, 0.1) is 0 Å². The second-order valence-electron chi connectivity index (χ2n) is 3.99. The van der Waals surface area contributed by atoms with E-state index in [2.05, 4.69) is 10.1 Å². The van der Waals surface area contributed by atoms with Crippen molar-refractivity contribution in [1.82, 2.24) is 5.32 Å². The van der Waals surface area contributed by atoms with Crippen LogP contribution in [0.3, 0.4) is 0 Å². The van der Waals surface area contributed by atoms with Crippen molar-refractivity contribution < 1.29 is 13.5 Å². The maximum absolute atomic E-state index is 12.1. The van der Waals surface area contributed by atoms with Crippen LogP contribution in [0.5, 0.6) is 5.75 Å². The number of halogens is 2. The second-order valence-corrected chi connectivity index (χ2v) is 3.99. The van der Waals surface area contributed by atoms with Crippen LogP contribution in [0.15, 0.2) is 24.3 Å². The van der Waals surface area contributed by atoms with Crippen molar-refractivity contribution in [3.05, 3.63) is 29.8 Å². The molecular weight excluding hydrogens is 212 g/mol. The standard InChI is InChI=1S/C12H15F2NO/c13-12(14)16-11-5-1-3-9(7-11)10-4-2-6-15-8-10/h1,3,5,7,10,12,15H,2,4,6,8H2. The molecule has 0 spiro atoms. The van der Waals surface area contributed by atoms with Gasteiger partial charge in [0, 0.05) is 6.54 Å². The number of benzene rings is 1. The molecule has 1 aromatic rings. The van der Waals surface area contributed by atoms with Crippen molar-refractivity contribution in [1.29, 1.82) is 0 Å². The summed E-state index contributed by atoms with van der Waals surface area (Å²) in [4.78, 5) is 0. The molecule has 0 saturated carbocycles. The van der Waals surface area contributed by atoms with Gasteiger partial charge in [-0.15, -0.1) is 0 Å². The number of hydrogen-bond donors (Lipinski definition) is 1. The van der Waals surface area contributed by atoms with Crippen molar-refractivity contribution in [3.8, 4) is 5.75 Å².